The lowest BCUT2D eigenvalue weighted by molar-refractivity contribution is 0.0954. The van der Waals surface area contributed by atoms with Crippen molar-refractivity contribution < 1.29 is 9.59 Å². The van der Waals surface area contributed by atoms with Gasteiger partial charge in [0.2, 0.25) is 0 Å². The van der Waals surface area contributed by atoms with Crippen molar-refractivity contribution in [1.29, 1.82) is 0 Å². The summed E-state index contributed by atoms with van der Waals surface area (Å²) in [5.74, 6) is -0.112. The van der Waals surface area contributed by atoms with E-state index in [1.165, 1.54) is 0 Å². The number of hydrazone groups is 1. The highest BCUT2D eigenvalue weighted by Crippen LogP contribution is 2.26. The van der Waals surface area contributed by atoms with E-state index in [2.05, 4.69) is 28.5 Å². The summed E-state index contributed by atoms with van der Waals surface area (Å²) in [5, 5.41) is 7.17. The number of aryl methyl sites for hydroxylation is 1. The molecule has 0 unspecified atom stereocenters. The normalized spacial score (nSPS) is 17.2. The van der Waals surface area contributed by atoms with Gasteiger partial charge in [-0.15, -0.1) is 0 Å². The van der Waals surface area contributed by atoms with Gasteiger partial charge in [-0.3, -0.25) is 9.59 Å². The quantitative estimate of drug-likeness (QED) is 0.529. The molecule has 2 aromatic carbocycles. The Morgan fingerprint density at radius 1 is 1.03 bits per heavy atom. The third-order valence-electron chi connectivity index (χ3n) is 5.28. The highest BCUT2D eigenvalue weighted by atomic mass is 16.2. The molecule has 0 heterocycles. The van der Waals surface area contributed by atoms with Crippen molar-refractivity contribution in [1.82, 2.24) is 5.43 Å². The molecule has 3 rings (SSSR count). The van der Waals surface area contributed by atoms with Crippen molar-refractivity contribution in [3.05, 3.63) is 89.0 Å². The summed E-state index contributed by atoms with van der Waals surface area (Å²) in [6.07, 6.45) is 3.88. The van der Waals surface area contributed by atoms with Gasteiger partial charge in [0.05, 0.1) is 5.71 Å². The van der Waals surface area contributed by atoms with Crippen LogP contribution in [-0.2, 0) is 0 Å². The number of carbonyl (C=O) groups excluding carboxylic acids is 2. The Morgan fingerprint density at radius 3 is 2.43 bits per heavy atom. The van der Waals surface area contributed by atoms with E-state index >= 15 is 0 Å². The van der Waals surface area contributed by atoms with Crippen LogP contribution in [0, 0.1) is 12.8 Å². The molecule has 5 heteroatoms. The number of nitrogens with one attached hydrogen (secondary N) is 2. The lowest BCUT2D eigenvalue weighted by Gasteiger charge is -2.22. The number of hydrogen-bond donors (Lipinski definition) is 2. The van der Waals surface area contributed by atoms with Gasteiger partial charge in [-0.2, -0.15) is 5.10 Å². The molecule has 0 radical (unpaired) electrons. The van der Waals surface area contributed by atoms with Crippen LogP contribution in [0.5, 0.6) is 0 Å². The topological polar surface area (TPSA) is 70.6 Å². The van der Waals surface area contributed by atoms with E-state index in [1.54, 1.807) is 30.3 Å². The molecule has 2 N–H and O–H groups in total. The van der Waals surface area contributed by atoms with Crippen molar-refractivity contribution in [2.75, 3.05) is 5.32 Å². The number of hydrogen-bond acceptors (Lipinski definition) is 3. The monoisotopic (exact) mass is 401 g/mol. The minimum absolute atomic E-state index is 0.186. The van der Waals surface area contributed by atoms with E-state index < -0.39 is 0 Å². The van der Waals surface area contributed by atoms with Crippen molar-refractivity contribution in [3.8, 4) is 0 Å². The van der Waals surface area contributed by atoms with Crippen LogP contribution in [0.3, 0.4) is 0 Å². The number of nitrogens with zero attached hydrogens (tertiary/aromatic N) is 1. The second kappa shape index (κ2) is 9.35. The number of carbonyl (C=O) groups is 2. The molecule has 0 spiro atoms. The number of anilines is 1. The SMILES string of the molecule is C=C(C)[C@@H]1CC=C(C)/C(=N/NC(=O)c2ccc(NC(=O)c3cccc(C)c3)cc2)C1. The molecule has 30 heavy (non-hydrogen) atoms. The number of rotatable bonds is 5. The molecule has 2 aromatic rings. The zero-order valence-corrected chi connectivity index (χ0v) is 17.7. The number of allylic oxidation sites excluding steroid dienone is 3. The fraction of sp³-hybridized carbons (Fsp3) is 0.240. The summed E-state index contributed by atoms with van der Waals surface area (Å²) in [4.78, 5) is 24.8. The summed E-state index contributed by atoms with van der Waals surface area (Å²) in [5.41, 5.74) is 8.45. The van der Waals surface area contributed by atoms with E-state index in [1.807, 2.05) is 39.0 Å². The molecule has 154 valence electrons. The van der Waals surface area contributed by atoms with Gasteiger partial charge in [0, 0.05) is 16.8 Å². The van der Waals surface area contributed by atoms with E-state index in [-0.39, 0.29) is 11.8 Å². The Bertz CT molecular complexity index is 1030. The Labute approximate surface area is 177 Å². The first kappa shape index (κ1) is 21.2. The first-order valence-electron chi connectivity index (χ1n) is 10.0. The first-order valence-corrected chi connectivity index (χ1v) is 10.0. The summed E-state index contributed by atoms with van der Waals surface area (Å²) < 4.78 is 0. The van der Waals surface area contributed by atoms with E-state index in [9.17, 15) is 9.59 Å². The first-order chi connectivity index (χ1) is 14.3. The Balaban J connectivity index is 1.62. The summed E-state index contributed by atoms with van der Waals surface area (Å²) in [6.45, 7) is 10.0. The van der Waals surface area contributed by atoms with Gasteiger partial charge < -0.3 is 5.32 Å². The fourth-order valence-corrected chi connectivity index (χ4v) is 3.30. The van der Waals surface area contributed by atoms with Gasteiger partial charge in [-0.05, 0) is 81.5 Å². The molecule has 0 saturated carbocycles. The minimum atomic E-state index is -0.288. The lowest BCUT2D eigenvalue weighted by atomic mass is 9.85. The van der Waals surface area contributed by atoms with Crippen LogP contribution in [0.25, 0.3) is 0 Å². The standard InChI is InChI=1S/C25H27N3O2/c1-16(2)20-9-8-18(4)23(15-20)27-28-25(30)19-10-12-22(13-11-19)26-24(29)21-7-5-6-17(3)14-21/h5-8,10-14,20H,1,9,15H2,2-4H3,(H,26,29)(H,28,30)/b27-23+/t20-/m1/s1. The molecule has 1 aliphatic rings. The maximum Gasteiger partial charge on any atom is 0.271 e. The molecule has 0 fully saturated rings. The molecule has 0 bridgehead atoms. The second-order valence-corrected chi connectivity index (χ2v) is 7.77. The van der Waals surface area contributed by atoms with Gasteiger partial charge >= 0.3 is 0 Å². The van der Waals surface area contributed by atoms with E-state index in [0.717, 1.165) is 35.3 Å². The summed E-state index contributed by atoms with van der Waals surface area (Å²) >= 11 is 0. The van der Waals surface area contributed by atoms with Crippen molar-refractivity contribution in [2.24, 2.45) is 11.0 Å². The van der Waals surface area contributed by atoms with Crippen LogP contribution in [0.1, 0.15) is 53.0 Å². The van der Waals surface area contributed by atoms with Gasteiger partial charge in [0.25, 0.3) is 11.8 Å². The second-order valence-electron chi connectivity index (χ2n) is 7.77. The minimum Gasteiger partial charge on any atom is -0.322 e. The van der Waals surface area contributed by atoms with Gasteiger partial charge in [0.15, 0.2) is 0 Å². The average molecular weight is 402 g/mol. The van der Waals surface area contributed by atoms with Crippen LogP contribution in [0.2, 0.25) is 0 Å². The highest BCUT2D eigenvalue weighted by molar-refractivity contribution is 6.05. The fourth-order valence-electron chi connectivity index (χ4n) is 3.30. The molecule has 0 saturated heterocycles. The maximum absolute atomic E-state index is 12.5. The predicted octanol–water partition coefficient (Wildman–Crippen LogP) is 5.27. The zero-order chi connectivity index (χ0) is 21.7. The molecule has 0 aromatic heterocycles. The predicted molar refractivity (Wildman–Crippen MR) is 122 cm³/mol. The highest BCUT2D eigenvalue weighted by Gasteiger charge is 2.19. The van der Waals surface area contributed by atoms with Crippen molar-refractivity contribution in [3.63, 3.8) is 0 Å². The van der Waals surface area contributed by atoms with Gasteiger partial charge in [-0.25, -0.2) is 5.43 Å². The Morgan fingerprint density at radius 2 is 1.77 bits per heavy atom. The summed E-state index contributed by atoms with van der Waals surface area (Å²) in [7, 11) is 0. The smallest absolute Gasteiger partial charge is 0.271 e. The maximum atomic E-state index is 12.5. The van der Waals surface area contributed by atoms with Crippen LogP contribution < -0.4 is 10.7 Å². The lowest BCUT2D eigenvalue weighted by Crippen LogP contribution is -2.23. The van der Waals surface area contributed by atoms with Crippen LogP contribution in [-0.4, -0.2) is 17.5 Å². The third kappa shape index (κ3) is 5.32. The van der Waals surface area contributed by atoms with E-state index in [0.29, 0.717) is 22.7 Å². The van der Waals surface area contributed by atoms with E-state index in [4.69, 9.17) is 0 Å². The largest absolute Gasteiger partial charge is 0.322 e. The molecular weight excluding hydrogens is 374 g/mol. The Hall–Kier alpha value is -3.47. The molecule has 1 aliphatic carbocycles. The van der Waals surface area contributed by atoms with Gasteiger partial charge in [-0.1, -0.05) is 35.9 Å². The van der Waals surface area contributed by atoms with Gasteiger partial charge in [0.1, 0.15) is 0 Å². The van der Waals surface area contributed by atoms with Crippen LogP contribution in [0.15, 0.2) is 77.4 Å². The number of benzene rings is 2. The molecule has 2 amide bonds. The zero-order valence-electron chi connectivity index (χ0n) is 17.7. The average Bonchev–Trinajstić information content (AvgIpc) is 2.73. The molecule has 0 aliphatic heterocycles. The molecular formula is C25H27N3O2. The third-order valence-corrected chi connectivity index (χ3v) is 5.28. The van der Waals surface area contributed by atoms with Crippen LogP contribution >= 0.6 is 0 Å². The van der Waals surface area contributed by atoms with Crippen molar-refractivity contribution in [2.45, 2.75) is 33.6 Å². The van der Waals surface area contributed by atoms with Crippen molar-refractivity contribution >= 4 is 23.2 Å². The molecule has 1 atom stereocenters. The van der Waals surface area contributed by atoms with Crippen LogP contribution in [0.4, 0.5) is 5.69 Å². The Kier molecular flexibility index (Phi) is 6.62. The number of amides is 2. The summed E-state index contributed by atoms with van der Waals surface area (Å²) in [6, 6.07) is 14.1. The molecule has 5 nitrogen and oxygen atoms in total.